The van der Waals surface area contributed by atoms with E-state index < -0.39 is 10.8 Å². The maximum Gasteiger partial charge on any atom is 0.288 e. The fraction of sp³-hybridized carbons (Fsp3) is 0.538. The molecule has 0 aromatic carbocycles. The lowest BCUT2D eigenvalue weighted by Gasteiger charge is -2.15. The summed E-state index contributed by atoms with van der Waals surface area (Å²) < 4.78 is 4.95. The molecule has 1 unspecified atom stereocenters. The summed E-state index contributed by atoms with van der Waals surface area (Å²) in [5, 5.41) is 16.5. The van der Waals surface area contributed by atoms with Gasteiger partial charge in [-0.1, -0.05) is 0 Å². The van der Waals surface area contributed by atoms with Gasteiger partial charge >= 0.3 is 0 Å². The van der Waals surface area contributed by atoms with Crippen LogP contribution in [0.5, 0.6) is 0 Å². The number of anilines is 1. The summed E-state index contributed by atoms with van der Waals surface area (Å²) in [7, 11) is 1.59. The van der Waals surface area contributed by atoms with E-state index in [-0.39, 0.29) is 17.3 Å². The maximum absolute atomic E-state index is 12.2. The van der Waals surface area contributed by atoms with Crippen LogP contribution >= 0.6 is 0 Å². The fourth-order valence-electron chi connectivity index (χ4n) is 1.70. The van der Waals surface area contributed by atoms with Crippen molar-refractivity contribution in [2.75, 3.05) is 25.6 Å². The number of pyridine rings is 1. The van der Waals surface area contributed by atoms with E-state index in [0.29, 0.717) is 25.4 Å². The topological polar surface area (TPSA) is 106 Å². The molecule has 1 heterocycles. The van der Waals surface area contributed by atoms with Gasteiger partial charge in [0.15, 0.2) is 0 Å². The average Bonchev–Trinajstić information content (AvgIpc) is 2.45. The zero-order valence-electron chi connectivity index (χ0n) is 12.4. The first kappa shape index (κ1) is 16.8. The third-order valence-electron chi connectivity index (χ3n) is 2.81. The number of aromatic nitrogens is 1. The minimum atomic E-state index is -0.576. The van der Waals surface area contributed by atoms with Crippen molar-refractivity contribution in [3.05, 3.63) is 27.9 Å². The van der Waals surface area contributed by atoms with Gasteiger partial charge in [0.1, 0.15) is 12.0 Å². The molecule has 8 heteroatoms. The van der Waals surface area contributed by atoms with Crippen LogP contribution < -0.4 is 10.6 Å². The molecule has 0 aliphatic carbocycles. The number of carbonyl (C=O) groups is 1. The third kappa shape index (κ3) is 4.99. The molecule has 116 valence electrons. The van der Waals surface area contributed by atoms with Gasteiger partial charge in [-0.3, -0.25) is 14.9 Å². The Kier molecular flexibility index (Phi) is 6.54. The van der Waals surface area contributed by atoms with Crippen LogP contribution in [0.1, 0.15) is 30.6 Å². The first-order valence-corrected chi connectivity index (χ1v) is 6.67. The standard InChI is InChI=1S/C13H20N4O4/c1-4-14-12-11(7-10(8-15-12)17(19)20)13(18)16-9(2)5-6-21-3/h7-9H,4-6H2,1-3H3,(H,14,15)(H,16,18). The molecule has 0 aliphatic heterocycles. The number of nitrogens with one attached hydrogen (secondary N) is 2. The first-order chi connectivity index (χ1) is 9.99. The second-order valence-electron chi connectivity index (χ2n) is 4.53. The lowest BCUT2D eigenvalue weighted by molar-refractivity contribution is -0.385. The lowest BCUT2D eigenvalue weighted by Crippen LogP contribution is -2.34. The molecule has 1 atom stereocenters. The molecule has 8 nitrogen and oxygen atoms in total. The second kappa shape index (κ2) is 8.15. The number of nitro groups is 1. The molecule has 21 heavy (non-hydrogen) atoms. The van der Waals surface area contributed by atoms with Crippen molar-refractivity contribution in [1.82, 2.24) is 10.3 Å². The van der Waals surface area contributed by atoms with Gasteiger partial charge in [0.2, 0.25) is 0 Å². The zero-order valence-corrected chi connectivity index (χ0v) is 12.4. The van der Waals surface area contributed by atoms with Crippen LogP contribution in [0.3, 0.4) is 0 Å². The van der Waals surface area contributed by atoms with Gasteiger partial charge in [-0.15, -0.1) is 0 Å². The van der Waals surface area contributed by atoms with Crippen molar-refractivity contribution in [2.45, 2.75) is 26.3 Å². The van der Waals surface area contributed by atoms with E-state index in [2.05, 4.69) is 15.6 Å². The van der Waals surface area contributed by atoms with Crippen molar-refractivity contribution < 1.29 is 14.5 Å². The maximum atomic E-state index is 12.2. The van der Waals surface area contributed by atoms with Gasteiger partial charge in [-0.2, -0.15) is 0 Å². The van der Waals surface area contributed by atoms with E-state index >= 15 is 0 Å². The van der Waals surface area contributed by atoms with Gasteiger partial charge in [0.25, 0.3) is 11.6 Å². The number of rotatable bonds is 8. The van der Waals surface area contributed by atoms with Crippen LogP contribution in [-0.2, 0) is 4.74 Å². The third-order valence-corrected chi connectivity index (χ3v) is 2.81. The van der Waals surface area contributed by atoms with Crippen LogP contribution in [0.2, 0.25) is 0 Å². The molecule has 0 saturated carbocycles. The smallest absolute Gasteiger partial charge is 0.288 e. The van der Waals surface area contributed by atoms with Crippen LogP contribution in [0.4, 0.5) is 11.5 Å². The van der Waals surface area contributed by atoms with Crippen molar-refractivity contribution in [3.8, 4) is 0 Å². The highest BCUT2D eigenvalue weighted by Gasteiger charge is 2.19. The van der Waals surface area contributed by atoms with Gasteiger partial charge in [0.05, 0.1) is 10.5 Å². The SMILES string of the molecule is CCNc1ncc([N+](=O)[O-])cc1C(=O)NC(C)CCOC. The number of methoxy groups -OCH3 is 1. The Morgan fingerprint density at radius 3 is 2.86 bits per heavy atom. The molecule has 0 spiro atoms. The van der Waals surface area contributed by atoms with Crippen LogP contribution in [0.15, 0.2) is 12.3 Å². The number of amides is 1. The molecule has 0 saturated heterocycles. The molecule has 0 bridgehead atoms. The summed E-state index contributed by atoms with van der Waals surface area (Å²) in [6.45, 7) is 4.78. The molecular formula is C13H20N4O4. The summed E-state index contributed by atoms with van der Waals surface area (Å²) in [5.74, 6) is -0.0645. The number of ether oxygens (including phenoxy) is 1. The first-order valence-electron chi connectivity index (χ1n) is 6.67. The van der Waals surface area contributed by atoms with Gasteiger partial charge in [-0.05, 0) is 20.3 Å². The van der Waals surface area contributed by atoms with Gasteiger partial charge in [0, 0.05) is 32.4 Å². The molecule has 1 aromatic rings. The zero-order chi connectivity index (χ0) is 15.8. The fourth-order valence-corrected chi connectivity index (χ4v) is 1.70. The summed E-state index contributed by atoms with van der Waals surface area (Å²) >= 11 is 0. The Balaban J connectivity index is 2.93. The highest BCUT2D eigenvalue weighted by atomic mass is 16.6. The van der Waals surface area contributed by atoms with E-state index in [1.807, 2.05) is 13.8 Å². The highest BCUT2D eigenvalue weighted by Crippen LogP contribution is 2.19. The predicted octanol–water partition coefficient (Wildman–Crippen LogP) is 1.58. The number of carbonyl (C=O) groups excluding carboxylic acids is 1. The number of hydrogen-bond donors (Lipinski definition) is 2. The van der Waals surface area contributed by atoms with Crippen LogP contribution in [0, 0.1) is 10.1 Å². The molecule has 1 aromatic heterocycles. The van der Waals surface area contributed by atoms with E-state index in [4.69, 9.17) is 4.74 Å². The van der Waals surface area contributed by atoms with Crippen LogP contribution in [0.25, 0.3) is 0 Å². The van der Waals surface area contributed by atoms with Crippen molar-refractivity contribution in [3.63, 3.8) is 0 Å². The lowest BCUT2D eigenvalue weighted by atomic mass is 10.2. The molecular weight excluding hydrogens is 276 g/mol. The quantitative estimate of drug-likeness (QED) is 0.557. The van der Waals surface area contributed by atoms with E-state index in [9.17, 15) is 14.9 Å². The number of nitrogens with zero attached hydrogens (tertiary/aromatic N) is 2. The monoisotopic (exact) mass is 296 g/mol. The minimum Gasteiger partial charge on any atom is -0.385 e. The second-order valence-corrected chi connectivity index (χ2v) is 4.53. The van der Waals surface area contributed by atoms with Crippen molar-refractivity contribution in [1.29, 1.82) is 0 Å². The molecule has 2 N–H and O–H groups in total. The molecule has 0 radical (unpaired) electrons. The highest BCUT2D eigenvalue weighted by molar-refractivity contribution is 5.99. The van der Waals surface area contributed by atoms with E-state index in [1.54, 1.807) is 7.11 Å². The summed E-state index contributed by atoms with van der Waals surface area (Å²) in [5.41, 5.74) is -0.0540. The van der Waals surface area contributed by atoms with Crippen molar-refractivity contribution in [2.24, 2.45) is 0 Å². The Morgan fingerprint density at radius 2 is 2.29 bits per heavy atom. The summed E-state index contributed by atoms with van der Waals surface area (Å²) in [6, 6.07) is 1.12. The Labute approximate surface area is 123 Å². The Hall–Kier alpha value is -2.22. The Bertz CT molecular complexity index is 507. The molecule has 1 rings (SSSR count). The predicted molar refractivity (Wildman–Crippen MR) is 78.5 cm³/mol. The average molecular weight is 296 g/mol. The van der Waals surface area contributed by atoms with Crippen molar-refractivity contribution >= 4 is 17.4 Å². The van der Waals surface area contributed by atoms with Gasteiger partial charge in [-0.25, -0.2) is 4.98 Å². The summed E-state index contributed by atoms with van der Waals surface area (Å²) in [6.07, 6.45) is 1.78. The minimum absolute atomic E-state index is 0.105. The van der Waals surface area contributed by atoms with Crippen LogP contribution in [-0.4, -0.2) is 42.1 Å². The summed E-state index contributed by atoms with van der Waals surface area (Å²) in [4.78, 5) is 26.4. The largest absolute Gasteiger partial charge is 0.385 e. The van der Waals surface area contributed by atoms with E-state index in [0.717, 1.165) is 6.20 Å². The van der Waals surface area contributed by atoms with E-state index in [1.165, 1.54) is 6.07 Å². The molecule has 1 amide bonds. The Morgan fingerprint density at radius 1 is 1.57 bits per heavy atom. The van der Waals surface area contributed by atoms with Gasteiger partial charge < -0.3 is 15.4 Å². The number of hydrogen-bond acceptors (Lipinski definition) is 6. The molecule has 0 fully saturated rings. The molecule has 0 aliphatic rings. The normalized spacial score (nSPS) is 11.8.